The van der Waals surface area contributed by atoms with E-state index >= 15 is 0 Å². The van der Waals surface area contributed by atoms with E-state index in [1.54, 1.807) is 28.8 Å². The first kappa shape index (κ1) is 25.2. The lowest BCUT2D eigenvalue weighted by Gasteiger charge is -2.26. The minimum atomic E-state index is -3.74. The largest absolute Gasteiger partial charge is 0.495 e. The van der Waals surface area contributed by atoms with Gasteiger partial charge >= 0.3 is 0 Å². The first-order valence-corrected chi connectivity index (χ1v) is 13.3. The second-order valence-electron chi connectivity index (χ2n) is 8.40. The van der Waals surface area contributed by atoms with Gasteiger partial charge in [0.15, 0.2) is 10.8 Å². The predicted molar refractivity (Wildman–Crippen MR) is 135 cm³/mol. The van der Waals surface area contributed by atoms with Gasteiger partial charge in [-0.2, -0.15) is 9.40 Å². The molecule has 0 atom stereocenters. The van der Waals surface area contributed by atoms with Crippen molar-refractivity contribution in [2.24, 2.45) is 0 Å². The van der Waals surface area contributed by atoms with Gasteiger partial charge in [-0.3, -0.25) is 4.79 Å². The van der Waals surface area contributed by atoms with Crippen LogP contribution in [-0.2, 0) is 14.8 Å². The average molecular weight is 521 g/mol. The molecule has 10 nitrogen and oxygen atoms in total. The molecule has 0 aliphatic carbocycles. The van der Waals surface area contributed by atoms with Crippen LogP contribution >= 0.6 is 11.6 Å². The molecule has 0 radical (unpaired) electrons. The van der Waals surface area contributed by atoms with Crippen LogP contribution in [-0.4, -0.2) is 66.5 Å². The fourth-order valence-corrected chi connectivity index (χ4v) is 6.15. The summed E-state index contributed by atoms with van der Waals surface area (Å²) in [4.78, 5) is 15.9. The van der Waals surface area contributed by atoms with Gasteiger partial charge in [-0.15, -0.1) is 0 Å². The summed E-state index contributed by atoms with van der Waals surface area (Å²) in [6.45, 7) is 5.19. The fourth-order valence-electron chi connectivity index (χ4n) is 4.26. The Hall–Kier alpha value is -2.89. The Balaban J connectivity index is 1.77. The molecule has 3 heterocycles. The van der Waals surface area contributed by atoms with E-state index in [-0.39, 0.29) is 21.7 Å². The van der Waals surface area contributed by atoms with Crippen molar-refractivity contribution in [1.82, 2.24) is 24.2 Å². The number of hydrogen-bond acceptors (Lipinski definition) is 7. The number of nitrogens with one attached hydrogen (secondary N) is 2. The van der Waals surface area contributed by atoms with Crippen LogP contribution in [0.1, 0.15) is 31.9 Å². The molecule has 0 bridgehead atoms. The smallest absolute Gasteiger partial charge is 0.246 e. The standard InChI is InChI=1S/C23H29ClN6O4S/c1-15-22(30-23(27-15)18(14-21(24)28-30)26-10-9-25-16(2)31)17-7-8-19(34-3)20(13-17)35(32,33)29-11-5-4-6-12-29/h7-8,13-14,26H,4-6,9-12H2,1-3H3,(H,25,31). The highest BCUT2D eigenvalue weighted by Crippen LogP contribution is 2.35. The number of aryl methyl sites for hydroxylation is 1. The maximum Gasteiger partial charge on any atom is 0.246 e. The number of ether oxygens (including phenoxy) is 1. The molecule has 1 aliphatic rings. The maximum absolute atomic E-state index is 13.5. The number of methoxy groups -OCH3 is 1. The first-order valence-electron chi connectivity index (χ1n) is 11.4. The zero-order valence-corrected chi connectivity index (χ0v) is 21.5. The summed E-state index contributed by atoms with van der Waals surface area (Å²) >= 11 is 6.32. The highest BCUT2D eigenvalue weighted by atomic mass is 35.5. The lowest BCUT2D eigenvalue weighted by Crippen LogP contribution is -2.35. The van der Waals surface area contributed by atoms with Crippen LogP contribution in [0.3, 0.4) is 0 Å². The summed E-state index contributed by atoms with van der Waals surface area (Å²) in [7, 11) is -2.28. The second kappa shape index (κ2) is 10.4. The second-order valence-corrected chi connectivity index (χ2v) is 10.7. The zero-order valence-electron chi connectivity index (χ0n) is 20.0. The molecule has 35 heavy (non-hydrogen) atoms. The SMILES string of the molecule is COc1ccc(-c2c(C)nc3c(NCCNC(C)=O)cc(Cl)nn23)cc1S(=O)(=O)N1CCCCC1. The van der Waals surface area contributed by atoms with Gasteiger partial charge in [-0.25, -0.2) is 17.9 Å². The van der Waals surface area contributed by atoms with Gasteiger partial charge in [-0.05, 0) is 38.0 Å². The van der Waals surface area contributed by atoms with Crippen molar-refractivity contribution in [3.05, 3.63) is 35.1 Å². The number of carbonyl (C=O) groups excluding carboxylic acids is 1. The van der Waals surface area contributed by atoms with Gasteiger partial charge in [0.25, 0.3) is 0 Å². The van der Waals surface area contributed by atoms with Gasteiger partial charge in [0.1, 0.15) is 10.6 Å². The van der Waals surface area contributed by atoms with E-state index in [0.29, 0.717) is 54.5 Å². The molecule has 1 amide bonds. The van der Waals surface area contributed by atoms with E-state index in [1.807, 2.05) is 6.92 Å². The molecule has 1 aliphatic heterocycles. The number of piperidine rings is 1. The van der Waals surface area contributed by atoms with Crippen LogP contribution in [0.15, 0.2) is 29.2 Å². The third kappa shape index (κ3) is 5.21. The Morgan fingerprint density at radius 2 is 1.91 bits per heavy atom. The molecule has 4 rings (SSSR count). The fraction of sp³-hybridized carbons (Fsp3) is 0.435. The van der Waals surface area contributed by atoms with Gasteiger partial charge in [-0.1, -0.05) is 18.0 Å². The topological polar surface area (TPSA) is 118 Å². The molecule has 1 aromatic carbocycles. The van der Waals surface area contributed by atoms with Crippen molar-refractivity contribution < 1.29 is 17.9 Å². The lowest BCUT2D eigenvalue weighted by atomic mass is 10.1. The number of amides is 1. The summed E-state index contributed by atoms with van der Waals surface area (Å²) in [6.07, 6.45) is 2.71. The third-order valence-electron chi connectivity index (χ3n) is 5.91. The number of carbonyl (C=O) groups is 1. The van der Waals surface area contributed by atoms with Gasteiger partial charge in [0.05, 0.1) is 24.2 Å². The number of rotatable bonds is 8. The van der Waals surface area contributed by atoms with Crippen LogP contribution in [0.4, 0.5) is 5.69 Å². The van der Waals surface area contributed by atoms with Crippen molar-refractivity contribution in [1.29, 1.82) is 0 Å². The molecule has 2 aromatic heterocycles. The van der Waals surface area contributed by atoms with E-state index in [1.165, 1.54) is 18.3 Å². The Kier molecular flexibility index (Phi) is 7.48. The Morgan fingerprint density at radius 1 is 1.17 bits per heavy atom. The molecule has 1 saturated heterocycles. The number of imidazole rings is 1. The number of sulfonamides is 1. The summed E-state index contributed by atoms with van der Waals surface area (Å²) in [6, 6.07) is 6.73. The Labute approximate surface area is 209 Å². The molecule has 1 fully saturated rings. The number of hydrogen-bond donors (Lipinski definition) is 2. The van der Waals surface area contributed by atoms with Gasteiger partial charge in [0.2, 0.25) is 15.9 Å². The molecule has 0 saturated carbocycles. The molecule has 0 unspecified atom stereocenters. The van der Waals surface area contributed by atoms with Crippen LogP contribution < -0.4 is 15.4 Å². The van der Waals surface area contributed by atoms with Crippen LogP contribution in [0.5, 0.6) is 5.75 Å². The van der Waals surface area contributed by atoms with Crippen molar-refractivity contribution in [2.45, 2.75) is 38.0 Å². The summed E-state index contributed by atoms with van der Waals surface area (Å²) in [5.74, 6) is 0.176. The first-order chi connectivity index (χ1) is 16.7. The van der Waals surface area contributed by atoms with E-state index in [2.05, 4.69) is 20.7 Å². The van der Waals surface area contributed by atoms with E-state index in [4.69, 9.17) is 16.3 Å². The molecule has 3 aromatic rings. The number of anilines is 1. The van der Waals surface area contributed by atoms with Crippen molar-refractivity contribution in [3.63, 3.8) is 0 Å². The Bertz CT molecular complexity index is 1350. The number of fused-ring (bicyclic) bond motifs is 1. The molecule has 2 N–H and O–H groups in total. The maximum atomic E-state index is 13.5. The predicted octanol–water partition coefficient (Wildman–Crippen LogP) is 3.09. The summed E-state index contributed by atoms with van der Waals surface area (Å²) < 4.78 is 35.5. The molecular weight excluding hydrogens is 492 g/mol. The number of nitrogens with zero attached hydrogens (tertiary/aromatic N) is 4. The van der Waals surface area contributed by atoms with Crippen LogP contribution in [0.2, 0.25) is 5.15 Å². The number of halogens is 1. The molecule has 188 valence electrons. The van der Waals surface area contributed by atoms with Crippen molar-refractivity contribution in [3.8, 4) is 17.0 Å². The van der Waals surface area contributed by atoms with Crippen LogP contribution in [0, 0.1) is 6.92 Å². The van der Waals surface area contributed by atoms with Gasteiger partial charge < -0.3 is 15.4 Å². The molecule has 0 spiro atoms. The Morgan fingerprint density at radius 3 is 2.60 bits per heavy atom. The van der Waals surface area contributed by atoms with E-state index in [0.717, 1.165) is 19.3 Å². The van der Waals surface area contributed by atoms with E-state index in [9.17, 15) is 13.2 Å². The van der Waals surface area contributed by atoms with Crippen LogP contribution in [0.25, 0.3) is 16.9 Å². The molecule has 12 heteroatoms. The highest BCUT2D eigenvalue weighted by molar-refractivity contribution is 7.89. The quantitative estimate of drug-likeness (QED) is 0.438. The molecular formula is C23H29ClN6O4S. The summed E-state index contributed by atoms with van der Waals surface area (Å²) in [5.41, 5.74) is 3.12. The minimum absolute atomic E-state index is 0.113. The van der Waals surface area contributed by atoms with E-state index < -0.39 is 10.0 Å². The zero-order chi connectivity index (χ0) is 25.2. The van der Waals surface area contributed by atoms with Crippen molar-refractivity contribution >= 4 is 38.9 Å². The minimum Gasteiger partial charge on any atom is -0.495 e. The third-order valence-corrected chi connectivity index (χ3v) is 8.02. The normalized spacial score (nSPS) is 14.7. The average Bonchev–Trinajstić information content (AvgIpc) is 3.17. The lowest BCUT2D eigenvalue weighted by molar-refractivity contribution is -0.118. The highest BCUT2D eigenvalue weighted by Gasteiger charge is 2.30. The number of aromatic nitrogens is 3. The van der Waals surface area contributed by atoms with Gasteiger partial charge in [0, 0.05) is 44.7 Å². The number of benzene rings is 1. The monoisotopic (exact) mass is 520 g/mol. The van der Waals surface area contributed by atoms with Crippen molar-refractivity contribution in [2.75, 3.05) is 38.6 Å². The summed E-state index contributed by atoms with van der Waals surface area (Å²) in [5, 5.41) is 10.6.